The lowest BCUT2D eigenvalue weighted by atomic mass is 9.99. The van der Waals surface area contributed by atoms with Gasteiger partial charge in [0.05, 0.1) is 4.90 Å². The van der Waals surface area contributed by atoms with E-state index in [1.807, 2.05) is 25.2 Å². The third kappa shape index (κ3) is 3.54. The predicted molar refractivity (Wildman–Crippen MR) is 74.8 cm³/mol. The summed E-state index contributed by atoms with van der Waals surface area (Å²) in [6.45, 7) is 2.00. The molecule has 0 heterocycles. The summed E-state index contributed by atoms with van der Waals surface area (Å²) in [6, 6.07) is 5.33. The van der Waals surface area contributed by atoms with Crippen molar-refractivity contribution < 1.29 is 13.5 Å². The average molecular weight is 277 g/mol. The van der Waals surface area contributed by atoms with Gasteiger partial charge in [-0.2, -0.15) is 12.8 Å². The van der Waals surface area contributed by atoms with Gasteiger partial charge in [-0.3, -0.25) is 0 Å². The molecule has 2 rings (SSSR count). The van der Waals surface area contributed by atoms with Gasteiger partial charge in [-0.1, -0.05) is 23.8 Å². The van der Waals surface area contributed by atoms with Crippen LogP contribution in [0.25, 0.3) is 0 Å². The van der Waals surface area contributed by atoms with Crippen molar-refractivity contribution in [1.82, 2.24) is 0 Å². The fourth-order valence-electron chi connectivity index (χ4n) is 1.69. The van der Waals surface area contributed by atoms with Crippen LogP contribution in [-0.2, 0) is 10.0 Å². The SMILES string of the molecule is CC1=CCC(/C=N/S(=O)(=O)c2ccc(O)cc2)C=C1. The van der Waals surface area contributed by atoms with E-state index < -0.39 is 10.0 Å². The van der Waals surface area contributed by atoms with Crippen LogP contribution in [0.15, 0.2) is 57.4 Å². The molecule has 4 nitrogen and oxygen atoms in total. The number of sulfonamides is 1. The maximum absolute atomic E-state index is 11.9. The molecule has 0 saturated heterocycles. The molecule has 1 aromatic carbocycles. The van der Waals surface area contributed by atoms with Crippen molar-refractivity contribution in [2.75, 3.05) is 0 Å². The average Bonchev–Trinajstić information content (AvgIpc) is 2.39. The number of nitrogens with zero attached hydrogens (tertiary/aromatic N) is 1. The van der Waals surface area contributed by atoms with Gasteiger partial charge in [-0.25, -0.2) is 0 Å². The van der Waals surface area contributed by atoms with Gasteiger partial charge >= 0.3 is 0 Å². The van der Waals surface area contributed by atoms with Gasteiger partial charge in [-0.05, 0) is 37.6 Å². The molecule has 1 N–H and O–H groups in total. The van der Waals surface area contributed by atoms with Gasteiger partial charge in [-0.15, -0.1) is 0 Å². The van der Waals surface area contributed by atoms with Crippen LogP contribution in [0.1, 0.15) is 13.3 Å². The summed E-state index contributed by atoms with van der Waals surface area (Å²) in [5, 5.41) is 9.13. The molecule has 0 fully saturated rings. The van der Waals surface area contributed by atoms with E-state index >= 15 is 0 Å². The Bertz CT molecular complexity index is 640. The molecule has 0 amide bonds. The molecule has 0 radical (unpaired) electrons. The van der Waals surface area contributed by atoms with Crippen LogP contribution in [0.4, 0.5) is 0 Å². The maximum Gasteiger partial charge on any atom is 0.281 e. The molecule has 0 aromatic heterocycles. The van der Waals surface area contributed by atoms with Crippen LogP contribution in [-0.4, -0.2) is 19.7 Å². The zero-order valence-corrected chi connectivity index (χ0v) is 11.3. The summed E-state index contributed by atoms with van der Waals surface area (Å²) >= 11 is 0. The quantitative estimate of drug-likeness (QED) is 0.864. The molecule has 5 heteroatoms. The van der Waals surface area contributed by atoms with Crippen LogP contribution in [0.3, 0.4) is 0 Å². The van der Waals surface area contributed by atoms with Gasteiger partial charge < -0.3 is 5.11 Å². The molecule has 1 atom stereocenters. The van der Waals surface area contributed by atoms with E-state index in [4.69, 9.17) is 5.11 Å². The monoisotopic (exact) mass is 277 g/mol. The minimum atomic E-state index is -3.69. The van der Waals surface area contributed by atoms with Crippen LogP contribution in [0, 0.1) is 5.92 Å². The number of allylic oxidation sites excluding steroid dienone is 4. The number of hydrogen-bond acceptors (Lipinski definition) is 3. The van der Waals surface area contributed by atoms with E-state index in [-0.39, 0.29) is 16.6 Å². The summed E-state index contributed by atoms with van der Waals surface area (Å²) < 4.78 is 27.6. The first-order chi connectivity index (χ1) is 8.97. The number of hydrogen-bond donors (Lipinski definition) is 1. The molecule has 0 saturated carbocycles. The van der Waals surface area contributed by atoms with Crippen LogP contribution in [0.2, 0.25) is 0 Å². The minimum Gasteiger partial charge on any atom is -0.508 e. The fourth-order valence-corrected chi connectivity index (χ4v) is 2.61. The predicted octanol–water partition coefficient (Wildman–Crippen LogP) is 2.67. The van der Waals surface area contributed by atoms with Crippen molar-refractivity contribution in [3.8, 4) is 5.75 Å². The van der Waals surface area contributed by atoms with E-state index in [2.05, 4.69) is 4.40 Å². The number of benzene rings is 1. The maximum atomic E-state index is 11.9. The molecule has 1 aromatic rings. The molecule has 100 valence electrons. The standard InChI is InChI=1S/C14H15NO3S/c1-11-2-4-12(5-3-11)10-15-19(17,18)14-8-6-13(16)7-9-14/h2-4,6-10,12,16H,5H2,1H3/b15-10+. The van der Waals surface area contributed by atoms with E-state index in [0.29, 0.717) is 0 Å². The summed E-state index contributed by atoms with van der Waals surface area (Å²) in [6.07, 6.45) is 8.14. The molecule has 1 aliphatic rings. The van der Waals surface area contributed by atoms with E-state index in [0.717, 1.165) is 6.42 Å². The van der Waals surface area contributed by atoms with E-state index in [1.54, 1.807) is 0 Å². The minimum absolute atomic E-state index is 0.00981. The van der Waals surface area contributed by atoms with Crippen molar-refractivity contribution in [1.29, 1.82) is 0 Å². The van der Waals surface area contributed by atoms with Gasteiger partial charge in [0.25, 0.3) is 10.0 Å². The Morgan fingerprint density at radius 1 is 1.32 bits per heavy atom. The Morgan fingerprint density at radius 2 is 2.00 bits per heavy atom. The first-order valence-electron chi connectivity index (χ1n) is 5.92. The van der Waals surface area contributed by atoms with Crippen LogP contribution in [0.5, 0.6) is 5.75 Å². The van der Waals surface area contributed by atoms with Crippen molar-refractivity contribution in [3.05, 3.63) is 48.1 Å². The summed E-state index contributed by atoms with van der Waals surface area (Å²) in [7, 11) is -3.69. The Morgan fingerprint density at radius 3 is 2.58 bits per heavy atom. The lowest BCUT2D eigenvalue weighted by Crippen LogP contribution is -2.04. The molecule has 0 bridgehead atoms. The van der Waals surface area contributed by atoms with Crippen LogP contribution < -0.4 is 0 Å². The lowest BCUT2D eigenvalue weighted by molar-refractivity contribution is 0.475. The number of phenols is 1. The largest absolute Gasteiger partial charge is 0.508 e. The molecule has 19 heavy (non-hydrogen) atoms. The number of aromatic hydroxyl groups is 1. The highest BCUT2D eigenvalue weighted by molar-refractivity contribution is 7.90. The smallest absolute Gasteiger partial charge is 0.281 e. The highest BCUT2D eigenvalue weighted by atomic mass is 32.2. The first kappa shape index (κ1) is 13.5. The number of rotatable bonds is 3. The molecule has 1 unspecified atom stereocenters. The fraction of sp³-hybridized carbons (Fsp3) is 0.214. The summed E-state index contributed by atoms with van der Waals surface area (Å²) in [5.41, 5.74) is 1.17. The zero-order chi connectivity index (χ0) is 13.9. The molecular weight excluding hydrogens is 262 g/mol. The highest BCUT2D eigenvalue weighted by Gasteiger charge is 2.12. The van der Waals surface area contributed by atoms with Gasteiger partial charge in [0, 0.05) is 12.1 Å². The third-order valence-corrected chi connectivity index (χ3v) is 4.11. The Hall–Kier alpha value is -1.88. The van der Waals surface area contributed by atoms with Crippen LogP contribution >= 0.6 is 0 Å². The molecular formula is C14H15NO3S. The van der Waals surface area contributed by atoms with E-state index in [1.165, 1.54) is 36.1 Å². The van der Waals surface area contributed by atoms with Gasteiger partial charge in [0.1, 0.15) is 5.75 Å². The lowest BCUT2D eigenvalue weighted by Gasteiger charge is -2.09. The van der Waals surface area contributed by atoms with Gasteiger partial charge in [0.15, 0.2) is 0 Å². The second-order valence-corrected chi connectivity index (χ2v) is 6.06. The van der Waals surface area contributed by atoms with E-state index in [9.17, 15) is 8.42 Å². The second kappa shape index (κ2) is 5.40. The summed E-state index contributed by atoms with van der Waals surface area (Å²) in [4.78, 5) is 0.0769. The molecule has 0 spiro atoms. The molecule has 0 aliphatic heterocycles. The Balaban J connectivity index is 2.14. The van der Waals surface area contributed by atoms with Crippen molar-refractivity contribution >= 4 is 16.2 Å². The Labute approximate surface area is 112 Å². The zero-order valence-electron chi connectivity index (χ0n) is 10.5. The van der Waals surface area contributed by atoms with Crippen molar-refractivity contribution in [3.63, 3.8) is 0 Å². The Kier molecular flexibility index (Phi) is 3.85. The van der Waals surface area contributed by atoms with Crippen molar-refractivity contribution in [2.24, 2.45) is 10.3 Å². The molecule has 1 aliphatic carbocycles. The second-order valence-electron chi connectivity index (χ2n) is 4.43. The first-order valence-corrected chi connectivity index (χ1v) is 7.36. The topological polar surface area (TPSA) is 66.7 Å². The highest BCUT2D eigenvalue weighted by Crippen LogP contribution is 2.18. The summed E-state index contributed by atoms with van der Waals surface area (Å²) in [5.74, 6) is 0.0364. The third-order valence-electron chi connectivity index (χ3n) is 2.84. The van der Waals surface area contributed by atoms with Gasteiger partial charge in [0.2, 0.25) is 0 Å². The number of phenolic OH excluding ortho intramolecular Hbond substituents is 1. The van der Waals surface area contributed by atoms with Crippen molar-refractivity contribution in [2.45, 2.75) is 18.2 Å². The normalized spacial score (nSPS) is 19.6.